The monoisotopic (exact) mass is 289 g/mol. The molecule has 0 aromatic heterocycles. The zero-order chi connectivity index (χ0) is 12.1. The minimum absolute atomic E-state index is 0.0452. The van der Waals surface area contributed by atoms with Crippen LogP contribution in [-0.2, 0) is 11.2 Å². The molecule has 0 aliphatic carbocycles. The van der Waals surface area contributed by atoms with Gasteiger partial charge in [-0.05, 0) is 46.5 Å². The van der Waals surface area contributed by atoms with Gasteiger partial charge in [0.2, 0.25) is 0 Å². The molecule has 2 atom stereocenters. The van der Waals surface area contributed by atoms with E-state index in [1.165, 1.54) is 6.07 Å². The summed E-state index contributed by atoms with van der Waals surface area (Å²) in [6.45, 7) is 2.04. The first-order valence-electron chi connectivity index (χ1n) is 5.30. The fourth-order valence-electron chi connectivity index (χ4n) is 1.71. The molecule has 0 fully saturated rings. The third kappa shape index (κ3) is 3.54. The van der Waals surface area contributed by atoms with Crippen LogP contribution >= 0.6 is 15.9 Å². The maximum Gasteiger partial charge on any atom is 0.137 e. The molecule has 0 spiro atoms. The number of halogens is 2. The van der Waals surface area contributed by atoms with Crippen molar-refractivity contribution in [2.45, 2.75) is 31.9 Å². The molecule has 4 heteroatoms. The third-order valence-electron chi connectivity index (χ3n) is 2.64. The Morgan fingerprint density at radius 2 is 2.19 bits per heavy atom. The van der Waals surface area contributed by atoms with Crippen molar-refractivity contribution < 1.29 is 9.13 Å². The van der Waals surface area contributed by atoms with Gasteiger partial charge >= 0.3 is 0 Å². The van der Waals surface area contributed by atoms with E-state index in [9.17, 15) is 4.39 Å². The lowest BCUT2D eigenvalue weighted by Crippen LogP contribution is -2.37. The highest BCUT2D eigenvalue weighted by Crippen LogP contribution is 2.18. The molecule has 2 unspecified atom stereocenters. The van der Waals surface area contributed by atoms with E-state index in [-0.39, 0.29) is 18.0 Å². The second-order valence-electron chi connectivity index (χ2n) is 3.80. The SMILES string of the molecule is CCC(OC)C(N)Cc1ccc(F)c(Br)c1. The minimum Gasteiger partial charge on any atom is -0.380 e. The Balaban J connectivity index is 2.69. The summed E-state index contributed by atoms with van der Waals surface area (Å²) in [6, 6.07) is 4.90. The van der Waals surface area contributed by atoms with Crippen molar-refractivity contribution in [3.05, 3.63) is 34.1 Å². The van der Waals surface area contributed by atoms with Crippen molar-refractivity contribution in [3.63, 3.8) is 0 Å². The van der Waals surface area contributed by atoms with Crippen molar-refractivity contribution in [2.24, 2.45) is 5.73 Å². The molecule has 0 bridgehead atoms. The molecule has 2 nitrogen and oxygen atoms in total. The van der Waals surface area contributed by atoms with E-state index in [0.29, 0.717) is 10.9 Å². The predicted molar refractivity (Wildman–Crippen MR) is 66.9 cm³/mol. The van der Waals surface area contributed by atoms with Crippen molar-refractivity contribution in [3.8, 4) is 0 Å². The summed E-state index contributed by atoms with van der Waals surface area (Å²) in [7, 11) is 1.66. The van der Waals surface area contributed by atoms with Crippen LogP contribution in [0.25, 0.3) is 0 Å². The van der Waals surface area contributed by atoms with Crippen LogP contribution in [-0.4, -0.2) is 19.3 Å². The van der Waals surface area contributed by atoms with Gasteiger partial charge in [-0.2, -0.15) is 0 Å². The van der Waals surface area contributed by atoms with Gasteiger partial charge in [-0.15, -0.1) is 0 Å². The van der Waals surface area contributed by atoms with Gasteiger partial charge in [-0.3, -0.25) is 0 Å². The molecule has 0 saturated carbocycles. The summed E-state index contributed by atoms with van der Waals surface area (Å²) in [4.78, 5) is 0. The highest BCUT2D eigenvalue weighted by atomic mass is 79.9. The summed E-state index contributed by atoms with van der Waals surface area (Å²) in [6.07, 6.45) is 1.61. The number of rotatable bonds is 5. The maximum atomic E-state index is 13.0. The zero-order valence-corrected chi connectivity index (χ0v) is 11.1. The van der Waals surface area contributed by atoms with Gasteiger partial charge in [0, 0.05) is 13.2 Å². The lowest BCUT2D eigenvalue weighted by Gasteiger charge is -2.21. The van der Waals surface area contributed by atoms with Gasteiger partial charge in [0.05, 0.1) is 10.6 Å². The first kappa shape index (κ1) is 13.6. The first-order valence-corrected chi connectivity index (χ1v) is 6.10. The van der Waals surface area contributed by atoms with E-state index in [0.717, 1.165) is 12.0 Å². The average molecular weight is 290 g/mol. The predicted octanol–water partition coefficient (Wildman–Crippen LogP) is 2.88. The van der Waals surface area contributed by atoms with Gasteiger partial charge in [-0.1, -0.05) is 13.0 Å². The molecule has 1 rings (SSSR count). The molecule has 0 amide bonds. The highest BCUT2D eigenvalue weighted by molar-refractivity contribution is 9.10. The smallest absolute Gasteiger partial charge is 0.137 e. The summed E-state index contributed by atoms with van der Waals surface area (Å²) in [5.74, 6) is -0.254. The van der Waals surface area contributed by atoms with Gasteiger partial charge in [-0.25, -0.2) is 4.39 Å². The number of benzene rings is 1. The molecule has 1 aromatic rings. The lowest BCUT2D eigenvalue weighted by atomic mass is 10.0. The van der Waals surface area contributed by atoms with Crippen LogP contribution < -0.4 is 5.73 Å². The summed E-state index contributed by atoms with van der Waals surface area (Å²) >= 11 is 3.16. The molecule has 0 heterocycles. The molecule has 90 valence electrons. The molecule has 2 N–H and O–H groups in total. The van der Waals surface area contributed by atoms with Crippen molar-refractivity contribution in [1.82, 2.24) is 0 Å². The van der Waals surface area contributed by atoms with E-state index in [1.54, 1.807) is 19.2 Å². The van der Waals surface area contributed by atoms with E-state index in [1.807, 2.05) is 6.92 Å². The van der Waals surface area contributed by atoms with Crippen LogP contribution in [0.1, 0.15) is 18.9 Å². The Morgan fingerprint density at radius 3 is 2.69 bits per heavy atom. The molecular weight excluding hydrogens is 273 g/mol. The number of ether oxygens (including phenoxy) is 1. The van der Waals surface area contributed by atoms with Crippen LogP contribution in [0.5, 0.6) is 0 Å². The fourth-order valence-corrected chi connectivity index (χ4v) is 2.14. The minimum atomic E-state index is -0.254. The number of hydrogen-bond acceptors (Lipinski definition) is 2. The fraction of sp³-hybridized carbons (Fsp3) is 0.500. The second-order valence-corrected chi connectivity index (χ2v) is 4.65. The molecule has 16 heavy (non-hydrogen) atoms. The van der Waals surface area contributed by atoms with Crippen LogP contribution in [0.3, 0.4) is 0 Å². The van der Waals surface area contributed by atoms with E-state index >= 15 is 0 Å². The molecule has 0 aliphatic rings. The van der Waals surface area contributed by atoms with Crippen molar-refractivity contribution in [2.75, 3.05) is 7.11 Å². The lowest BCUT2D eigenvalue weighted by molar-refractivity contribution is 0.0773. The Morgan fingerprint density at radius 1 is 1.50 bits per heavy atom. The standard InChI is InChI=1S/C12H17BrFNO/c1-3-12(16-2)11(15)7-8-4-5-10(14)9(13)6-8/h4-6,11-12H,3,7,15H2,1-2H3. The van der Waals surface area contributed by atoms with Crippen LogP contribution in [0.4, 0.5) is 4.39 Å². The maximum absolute atomic E-state index is 13.0. The summed E-state index contributed by atoms with van der Waals surface area (Å²) in [5, 5.41) is 0. The number of hydrogen-bond donors (Lipinski definition) is 1. The third-order valence-corrected chi connectivity index (χ3v) is 3.25. The van der Waals surface area contributed by atoms with Crippen LogP contribution in [0.15, 0.2) is 22.7 Å². The largest absolute Gasteiger partial charge is 0.380 e. The van der Waals surface area contributed by atoms with Crippen LogP contribution in [0, 0.1) is 5.82 Å². The van der Waals surface area contributed by atoms with E-state index < -0.39 is 0 Å². The number of nitrogens with two attached hydrogens (primary N) is 1. The van der Waals surface area contributed by atoms with E-state index in [4.69, 9.17) is 10.5 Å². The normalized spacial score (nSPS) is 14.8. The Hall–Kier alpha value is -0.450. The topological polar surface area (TPSA) is 35.2 Å². The Bertz CT molecular complexity index is 342. The van der Waals surface area contributed by atoms with Gasteiger partial charge in [0.25, 0.3) is 0 Å². The molecule has 0 saturated heterocycles. The Labute approximate surface area is 104 Å². The average Bonchev–Trinajstić information content (AvgIpc) is 2.25. The van der Waals surface area contributed by atoms with Crippen LogP contribution in [0.2, 0.25) is 0 Å². The highest BCUT2D eigenvalue weighted by Gasteiger charge is 2.15. The van der Waals surface area contributed by atoms with Crippen molar-refractivity contribution in [1.29, 1.82) is 0 Å². The van der Waals surface area contributed by atoms with Crippen molar-refractivity contribution >= 4 is 15.9 Å². The van der Waals surface area contributed by atoms with Gasteiger partial charge < -0.3 is 10.5 Å². The Kier molecular flexibility index (Phi) is 5.38. The summed E-state index contributed by atoms with van der Waals surface area (Å²) in [5.41, 5.74) is 7.04. The zero-order valence-electron chi connectivity index (χ0n) is 9.54. The summed E-state index contributed by atoms with van der Waals surface area (Å²) < 4.78 is 18.8. The quantitative estimate of drug-likeness (QED) is 0.905. The first-order chi connectivity index (χ1) is 7.58. The molecule has 0 radical (unpaired) electrons. The molecular formula is C12H17BrFNO. The van der Waals surface area contributed by atoms with E-state index in [2.05, 4.69) is 15.9 Å². The number of methoxy groups -OCH3 is 1. The van der Waals surface area contributed by atoms with Gasteiger partial charge in [0.1, 0.15) is 5.82 Å². The molecule has 1 aromatic carbocycles. The molecule has 0 aliphatic heterocycles. The second kappa shape index (κ2) is 6.33. The van der Waals surface area contributed by atoms with Gasteiger partial charge in [0.15, 0.2) is 0 Å².